The molecule has 0 aliphatic rings. The Morgan fingerprint density at radius 1 is 1.50 bits per heavy atom. The Balaban J connectivity index is 2.69. The van der Waals surface area contributed by atoms with Crippen LogP contribution in [0.15, 0.2) is 23.4 Å². The molecule has 1 heterocycles. The number of alkyl halides is 1. The maximum atomic E-state index is 13.3. The third kappa shape index (κ3) is 4.62. The lowest BCUT2D eigenvalue weighted by molar-refractivity contribution is 0.534. The standard InChI is InChI=1S/C11H16BrFN2O2S/c1-8(2)6-9(12)7-15-18(16,17)11-10(13)4-3-5-14-11/h3-5,8-9,15H,6-7H2,1-2H3. The van der Waals surface area contributed by atoms with E-state index in [9.17, 15) is 12.8 Å². The first kappa shape index (κ1) is 15.5. The minimum Gasteiger partial charge on any atom is -0.241 e. The Bertz CT molecular complexity index is 494. The Kier molecular flexibility index (Phi) is 5.68. The highest BCUT2D eigenvalue weighted by atomic mass is 79.9. The van der Waals surface area contributed by atoms with Crippen molar-refractivity contribution in [2.45, 2.75) is 30.1 Å². The highest BCUT2D eigenvalue weighted by molar-refractivity contribution is 9.09. The molecule has 1 rings (SSSR count). The molecule has 1 unspecified atom stereocenters. The van der Waals surface area contributed by atoms with E-state index in [2.05, 4.69) is 25.6 Å². The van der Waals surface area contributed by atoms with Crippen molar-refractivity contribution in [2.75, 3.05) is 6.54 Å². The Hall–Kier alpha value is -0.530. The van der Waals surface area contributed by atoms with Crippen LogP contribution in [-0.2, 0) is 10.0 Å². The molecule has 4 nitrogen and oxygen atoms in total. The van der Waals surface area contributed by atoms with Crippen LogP contribution in [0.2, 0.25) is 0 Å². The van der Waals surface area contributed by atoms with Gasteiger partial charge in [0.2, 0.25) is 5.03 Å². The lowest BCUT2D eigenvalue weighted by Gasteiger charge is -2.13. The van der Waals surface area contributed by atoms with Crippen LogP contribution in [0, 0.1) is 11.7 Å². The number of aromatic nitrogens is 1. The van der Waals surface area contributed by atoms with Crippen LogP contribution >= 0.6 is 15.9 Å². The molecular weight excluding hydrogens is 323 g/mol. The van der Waals surface area contributed by atoms with Crippen LogP contribution in [0.4, 0.5) is 4.39 Å². The van der Waals surface area contributed by atoms with Gasteiger partial charge in [0.05, 0.1) is 0 Å². The molecule has 0 bridgehead atoms. The van der Waals surface area contributed by atoms with Gasteiger partial charge in [0.25, 0.3) is 10.0 Å². The van der Waals surface area contributed by atoms with Gasteiger partial charge >= 0.3 is 0 Å². The molecular formula is C11H16BrFN2O2S. The van der Waals surface area contributed by atoms with Crippen molar-refractivity contribution in [2.24, 2.45) is 5.92 Å². The van der Waals surface area contributed by atoms with Crippen molar-refractivity contribution >= 4 is 26.0 Å². The van der Waals surface area contributed by atoms with Crippen LogP contribution in [0.5, 0.6) is 0 Å². The number of hydrogen-bond acceptors (Lipinski definition) is 3. The van der Waals surface area contributed by atoms with E-state index in [0.717, 1.165) is 12.5 Å². The molecule has 0 aromatic carbocycles. The van der Waals surface area contributed by atoms with Gasteiger partial charge in [0.15, 0.2) is 5.82 Å². The number of nitrogens with one attached hydrogen (secondary N) is 1. The number of halogens is 2. The Morgan fingerprint density at radius 2 is 2.17 bits per heavy atom. The van der Waals surface area contributed by atoms with Crippen LogP contribution in [0.1, 0.15) is 20.3 Å². The summed E-state index contributed by atoms with van der Waals surface area (Å²) in [5, 5.41) is -0.561. The molecule has 0 radical (unpaired) electrons. The maximum absolute atomic E-state index is 13.3. The molecule has 18 heavy (non-hydrogen) atoms. The second kappa shape index (κ2) is 6.58. The van der Waals surface area contributed by atoms with E-state index in [1.807, 2.05) is 13.8 Å². The minimum atomic E-state index is -3.89. The van der Waals surface area contributed by atoms with E-state index >= 15 is 0 Å². The van der Waals surface area contributed by atoms with E-state index in [1.165, 1.54) is 12.3 Å². The SMILES string of the molecule is CC(C)CC(Br)CNS(=O)(=O)c1ncccc1F. The fraction of sp³-hybridized carbons (Fsp3) is 0.545. The molecule has 0 saturated heterocycles. The van der Waals surface area contributed by atoms with Crippen molar-refractivity contribution in [1.82, 2.24) is 9.71 Å². The summed E-state index contributed by atoms with van der Waals surface area (Å²) in [4.78, 5) is 3.56. The molecule has 1 aromatic heterocycles. The number of nitrogens with zero attached hydrogens (tertiary/aromatic N) is 1. The van der Waals surface area contributed by atoms with Gasteiger partial charge in [-0.3, -0.25) is 0 Å². The van der Waals surface area contributed by atoms with E-state index in [0.29, 0.717) is 5.92 Å². The predicted octanol–water partition coefficient (Wildman–Crippen LogP) is 2.31. The third-order valence-corrected chi connectivity index (χ3v) is 4.26. The summed E-state index contributed by atoms with van der Waals surface area (Å²) in [7, 11) is -3.89. The van der Waals surface area contributed by atoms with Crippen molar-refractivity contribution in [3.05, 3.63) is 24.1 Å². The second-order valence-corrected chi connectivity index (χ2v) is 7.35. The van der Waals surface area contributed by atoms with Crippen molar-refractivity contribution in [1.29, 1.82) is 0 Å². The van der Waals surface area contributed by atoms with Gasteiger partial charge in [-0.15, -0.1) is 0 Å². The molecule has 0 fully saturated rings. The fourth-order valence-corrected chi connectivity index (χ4v) is 3.64. The topological polar surface area (TPSA) is 59.1 Å². The summed E-state index contributed by atoms with van der Waals surface area (Å²) in [5.41, 5.74) is 0. The molecule has 1 N–H and O–H groups in total. The van der Waals surface area contributed by atoms with Gasteiger partial charge in [0.1, 0.15) is 0 Å². The zero-order valence-corrected chi connectivity index (χ0v) is 12.6. The van der Waals surface area contributed by atoms with Crippen LogP contribution in [0.25, 0.3) is 0 Å². The molecule has 0 amide bonds. The van der Waals surface area contributed by atoms with Crippen molar-refractivity contribution in [3.8, 4) is 0 Å². The number of pyridine rings is 1. The van der Waals surface area contributed by atoms with Gasteiger partial charge in [-0.05, 0) is 24.5 Å². The molecule has 1 atom stereocenters. The minimum absolute atomic E-state index is 0.0130. The lowest BCUT2D eigenvalue weighted by atomic mass is 10.1. The normalized spacial score (nSPS) is 13.8. The second-order valence-electron chi connectivity index (χ2n) is 4.37. The molecule has 0 saturated carbocycles. The third-order valence-electron chi connectivity index (χ3n) is 2.20. The zero-order chi connectivity index (χ0) is 13.8. The lowest BCUT2D eigenvalue weighted by Crippen LogP contribution is -2.31. The van der Waals surface area contributed by atoms with E-state index < -0.39 is 20.9 Å². The van der Waals surface area contributed by atoms with E-state index in [-0.39, 0.29) is 11.4 Å². The van der Waals surface area contributed by atoms with E-state index in [1.54, 1.807) is 0 Å². The maximum Gasteiger partial charge on any atom is 0.261 e. The molecule has 102 valence electrons. The first-order valence-corrected chi connectivity index (χ1v) is 7.97. The Morgan fingerprint density at radius 3 is 2.72 bits per heavy atom. The summed E-state index contributed by atoms with van der Waals surface area (Å²) in [6, 6.07) is 2.42. The molecule has 7 heteroatoms. The first-order valence-electron chi connectivity index (χ1n) is 5.57. The molecule has 0 aliphatic heterocycles. The summed E-state index contributed by atoms with van der Waals surface area (Å²) >= 11 is 3.38. The van der Waals surface area contributed by atoms with Crippen LogP contribution in [0.3, 0.4) is 0 Å². The van der Waals surface area contributed by atoms with E-state index in [4.69, 9.17) is 0 Å². The zero-order valence-electron chi connectivity index (χ0n) is 10.2. The number of hydrogen-bond donors (Lipinski definition) is 1. The largest absolute Gasteiger partial charge is 0.261 e. The first-order chi connectivity index (χ1) is 8.33. The summed E-state index contributed by atoms with van der Waals surface area (Å²) in [5.74, 6) is -0.398. The highest BCUT2D eigenvalue weighted by Crippen LogP contribution is 2.14. The molecule has 1 aromatic rings. The molecule has 0 spiro atoms. The summed E-state index contributed by atoms with van der Waals surface area (Å²) in [6.45, 7) is 4.29. The van der Waals surface area contributed by atoms with Gasteiger partial charge in [-0.1, -0.05) is 29.8 Å². The Labute approximate surface area is 115 Å². The predicted molar refractivity (Wildman–Crippen MR) is 71.6 cm³/mol. The van der Waals surface area contributed by atoms with Gasteiger partial charge < -0.3 is 0 Å². The summed E-state index contributed by atoms with van der Waals surface area (Å²) in [6.07, 6.45) is 2.07. The van der Waals surface area contributed by atoms with Crippen LogP contribution in [-0.4, -0.2) is 24.8 Å². The average molecular weight is 339 g/mol. The summed E-state index contributed by atoms with van der Waals surface area (Å²) < 4.78 is 39.3. The highest BCUT2D eigenvalue weighted by Gasteiger charge is 2.21. The van der Waals surface area contributed by atoms with Gasteiger partial charge in [0, 0.05) is 17.6 Å². The van der Waals surface area contributed by atoms with Gasteiger partial charge in [-0.2, -0.15) is 0 Å². The van der Waals surface area contributed by atoms with Gasteiger partial charge in [-0.25, -0.2) is 22.5 Å². The molecule has 0 aliphatic carbocycles. The average Bonchev–Trinajstić information content (AvgIpc) is 2.26. The monoisotopic (exact) mass is 338 g/mol. The number of sulfonamides is 1. The van der Waals surface area contributed by atoms with Crippen molar-refractivity contribution in [3.63, 3.8) is 0 Å². The number of rotatable bonds is 6. The quantitative estimate of drug-likeness (QED) is 0.809. The van der Waals surface area contributed by atoms with Crippen molar-refractivity contribution < 1.29 is 12.8 Å². The fourth-order valence-electron chi connectivity index (χ4n) is 1.43. The van der Waals surface area contributed by atoms with Crippen LogP contribution < -0.4 is 4.72 Å². The smallest absolute Gasteiger partial charge is 0.241 e.